The molecule has 0 bridgehead atoms. The van der Waals surface area contributed by atoms with Gasteiger partial charge < -0.3 is 10.6 Å². The van der Waals surface area contributed by atoms with Crippen molar-refractivity contribution in [3.05, 3.63) is 41.5 Å². The zero-order valence-electron chi connectivity index (χ0n) is 11.7. The molecular formula is C15H16N4O. The van der Waals surface area contributed by atoms with E-state index in [1.807, 2.05) is 19.2 Å². The summed E-state index contributed by atoms with van der Waals surface area (Å²) in [5.74, 6) is 0. The van der Waals surface area contributed by atoms with Gasteiger partial charge in [-0.1, -0.05) is 17.7 Å². The Morgan fingerprint density at radius 1 is 1.00 bits per heavy atom. The molecule has 0 aliphatic rings. The summed E-state index contributed by atoms with van der Waals surface area (Å²) in [5.41, 5.74) is 12.2. The monoisotopic (exact) mass is 268 g/mol. The molecule has 0 saturated carbocycles. The van der Waals surface area contributed by atoms with Gasteiger partial charge in [0.25, 0.3) is 0 Å². The van der Waals surface area contributed by atoms with Crippen LogP contribution in [0.4, 0.5) is 17.1 Å². The van der Waals surface area contributed by atoms with E-state index in [0.29, 0.717) is 16.7 Å². The van der Waals surface area contributed by atoms with Crippen molar-refractivity contribution < 1.29 is 4.63 Å². The molecule has 3 aromatic rings. The highest BCUT2D eigenvalue weighted by molar-refractivity contribution is 5.97. The first-order valence-corrected chi connectivity index (χ1v) is 6.39. The summed E-state index contributed by atoms with van der Waals surface area (Å²) >= 11 is 0. The maximum atomic E-state index is 5.88. The third-order valence-corrected chi connectivity index (χ3v) is 3.50. The van der Waals surface area contributed by atoms with E-state index in [-0.39, 0.29) is 0 Å². The van der Waals surface area contributed by atoms with E-state index < -0.39 is 0 Å². The average molecular weight is 268 g/mol. The van der Waals surface area contributed by atoms with Crippen molar-refractivity contribution >= 4 is 28.1 Å². The number of hydrogen-bond donors (Lipinski definition) is 1. The Labute approximate surface area is 117 Å². The quantitative estimate of drug-likeness (QED) is 0.723. The molecule has 0 aliphatic carbocycles. The van der Waals surface area contributed by atoms with Crippen molar-refractivity contribution in [2.75, 3.05) is 17.7 Å². The molecule has 5 nitrogen and oxygen atoms in total. The van der Waals surface area contributed by atoms with Crippen molar-refractivity contribution in [1.82, 2.24) is 10.3 Å². The lowest BCUT2D eigenvalue weighted by Gasteiger charge is -2.22. The largest absolute Gasteiger partial charge is 0.397 e. The Hall–Kier alpha value is -2.56. The van der Waals surface area contributed by atoms with Crippen LogP contribution in [-0.4, -0.2) is 17.4 Å². The lowest BCUT2D eigenvalue weighted by Crippen LogP contribution is -2.11. The topological polar surface area (TPSA) is 68.2 Å². The minimum atomic E-state index is 0.569. The second-order valence-electron chi connectivity index (χ2n) is 4.98. The lowest BCUT2D eigenvalue weighted by atomic mass is 10.1. The van der Waals surface area contributed by atoms with E-state index in [1.165, 1.54) is 11.1 Å². The summed E-state index contributed by atoms with van der Waals surface area (Å²) in [7, 11) is 2.00. The van der Waals surface area contributed by atoms with E-state index in [4.69, 9.17) is 10.4 Å². The van der Waals surface area contributed by atoms with E-state index >= 15 is 0 Å². The van der Waals surface area contributed by atoms with Gasteiger partial charge in [-0.05, 0) is 47.9 Å². The van der Waals surface area contributed by atoms with Gasteiger partial charge in [-0.2, -0.15) is 0 Å². The predicted octanol–water partition coefficient (Wildman–Crippen LogP) is 3.19. The van der Waals surface area contributed by atoms with Gasteiger partial charge in [0.2, 0.25) is 0 Å². The fourth-order valence-corrected chi connectivity index (χ4v) is 2.45. The Balaban J connectivity index is 2.15. The van der Waals surface area contributed by atoms with Gasteiger partial charge in [0, 0.05) is 12.7 Å². The highest BCUT2D eigenvalue weighted by Gasteiger charge is 2.15. The van der Waals surface area contributed by atoms with Crippen molar-refractivity contribution in [3.8, 4) is 0 Å². The standard InChI is InChI=1S/C15H16N4O/c1-9-4-6-12(10(2)8-9)19(3)13-7-5-11(16)14-15(13)18-20-17-14/h4-8H,16H2,1-3H3. The van der Waals surface area contributed by atoms with Crippen LogP contribution in [0.15, 0.2) is 35.0 Å². The Kier molecular flexibility index (Phi) is 2.82. The molecule has 0 unspecified atom stereocenters. The molecule has 1 heterocycles. The maximum absolute atomic E-state index is 5.88. The fraction of sp³-hybridized carbons (Fsp3) is 0.200. The summed E-state index contributed by atoms with van der Waals surface area (Å²) in [4.78, 5) is 2.07. The van der Waals surface area contributed by atoms with E-state index in [1.54, 1.807) is 0 Å². The third kappa shape index (κ3) is 1.87. The minimum absolute atomic E-state index is 0.569. The Morgan fingerprint density at radius 2 is 1.70 bits per heavy atom. The second kappa shape index (κ2) is 4.52. The van der Waals surface area contributed by atoms with Crippen LogP contribution in [0, 0.1) is 13.8 Å². The first-order chi connectivity index (χ1) is 9.58. The number of rotatable bonds is 2. The van der Waals surface area contributed by atoms with Gasteiger partial charge in [0.05, 0.1) is 11.4 Å². The number of nitrogens with two attached hydrogens (primary N) is 1. The van der Waals surface area contributed by atoms with Gasteiger partial charge in [-0.3, -0.25) is 0 Å². The molecule has 20 heavy (non-hydrogen) atoms. The molecule has 0 atom stereocenters. The molecule has 2 N–H and O–H groups in total. The lowest BCUT2D eigenvalue weighted by molar-refractivity contribution is 0.315. The summed E-state index contributed by atoms with van der Waals surface area (Å²) in [6, 6.07) is 10.1. The Bertz CT molecular complexity index is 779. The first-order valence-electron chi connectivity index (χ1n) is 6.39. The van der Waals surface area contributed by atoms with Gasteiger partial charge in [0.15, 0.2) is 11.0 Å². The first kappa shape index (κ1) is 12.5. The van der Waals surface area contributed by atoms with Crippen LogP contribution in [0.25, 0.3) is 11.0 Å². The van der Waals surface area contributed by atoms with Crippen LogP contribution in [0.3, 0.4) is 0 Å². The number of nitrogen functional groups attached to an aromatic ring is 1. The van der Waals surface area contributed by atoms with Crippen molar-refractivity contribution in [2.24, 2.45) is 0 Å². The van der Waals surface area contributed by atoms with E-state index in [0.717, 1.165) is 11.4 Å². The second-order valence-corrected chi connectivity index (χ2v) is 4.98. The predicted molar refractivity (Wildman–Crippen MR) is 80.2 cm³/mol. The van der Waals surface area contributed by atoms with Crippen LogP contribution in [0.5, 0.6) is 0 Å². The van der Waals surface area contributed by atoms with Crippen LogP contribution < -0.4 is 10.6 Å². The number of fused-ring (bicyclic) bond motifs is 1. The average Bonchev–Trinajstić information content (AvgIpc) is 2.88. The number of aryl methyl sites for hydroxylation is 2. The highest BCUT2D eigenvalue weighted by atomic mass is 16.6. The number of nitrogens with zero attached hydrogens (tertiary/aromatic N) is 3. The van der Waals surface area contributed by atoms with Crippen LogP contribution in [0.2, 0.25) is 0 Å². The molecule has 0 saturated heterocycles. The number of anilines is 3. The van der Waals surface area contributed by atoms with E-state index in [9.17, 15) is 0 Å². The van der Waals surface area contributed by atoms with Gasteiger partial charge in [0.1, 0.15) is 0 Å². The van der Waals surface area contributed by atoms with Gasteiger partial charge in [-0.25, -0.2) is 4.63 Å². The summed E-state index contributed by atoms with van der Waals surface area (Å²) in [5, 5.41) is 7.82. The van der Waals surface area contributed by atoms with Crippen LogP contribution >= 0.6 is 0 Å². The summed E-state index contributed by atoms with van der Waals surface area (Å²) in [6.45, 7) is 4.17. The SMILES string of the molecule is Cc1ccc(N(C)c2ccc(N)c3nonc23)c(C)c1. The fourth-order valence-electron chi connectivity index (χ4n) is 2.45. The summed E-state index contributed by atoms with van der Waals surface area (Å²) < 4.78 is 4.82. The third-order valence-electron chi connectivity index (χ3n) is 3.50. The molecule has 1 aromatic heterocycles. The molecule has 3 rings (SSSR count). The molecule has 0 fully saturated rings. The molecule has 2 aromatic carbocycles. The molecule has 0 spiro atoms. The van der Waals surface area contributed by atoms with Crippen molar-refractivity contribution in [2.45, 2.75) is 13.8 Å². The molecule has 5 heteroatoms. The molecule has 0 aliphatic heterocycles. The van der Waals surface area contributed by atoms with Crippen molar-refractivity contribution in [3.63, 3.8) is 0 Å². The minimum Gasteiger partial charge on any atom is -0.397 e. The molecule has 0 radical (unpaired) electrons. The van der Waals surface area contributed by atoms with Gasteiger partial charge >= 0.3 is 0 Å². The smallest absolute Gasteiger partial charge is 0.160 e. The van der Waals surface area contributed by atoms with Crippen LogP contribution in [0.1, 0.15) is 11.1 Å². The normalized spacial score (nSPS) is 10.9. The molecule has 102 valence electrons. The van der Waals surface area contributed by atoms with Crippen LogP contribution in [-0.2, 0) is 0 Å². The zero-order chi connectivity index (χ0) is 14.3. The number of aromatic nitrogens is 2. The molecule has 0 amide bonds. The Morgan fingerprint density at radius 3 is 2.45 bits per heavy atom. The summed E-state index contributed by atoms with van der Waals surface area (Å²) in [6.07, 6.45) is 0. The van der Waals surface area contributed by atoms with Gasteiger partial charge in [-0.15, -0.1) is 0 Å². The molecular weight excluding hydrogens is 252 g/mol. The highest BCUT2D eigenvalue weighted by Crippen LogP contribution is 2.33. The number of benzene rings is 2. The maximum Gasteiger partial charge on any atom is 0.160 e. The zero-order valence-corrected chi connectivity index (χ0v) is 11.7. The van der Waals surface area contributed by atoms with E-state index in [2.05, 4.69) is 47.3 Å². The number of hydrogen-bond acceptors (Lipinski definition) is 5. The van der Waals surface area contributed by atoms with Crippen molar-refractivity contribution in [1.29, 1.82) is 0 Å².